The number of nitrogens with one attached hydrogen (secondary N) is 1. The summed E-state index contributed by atoms with van der Waals surface area (Å²) >= 11 is 0. The number of likely N-dealkylation sites (tertiary alicyclic amines) is 1. The van der Waals surface area contributed by atoms with Crippen molar-refractivity contribution in [3.63, 3.8) is 0 Å². The highest BCUT2D eigenvalue weighted by molar-refractivity contribution is 6.11. The van der Waals surface area contributed by atoms with Crippen molar-refractivity contribution in [2.75, 3.05) is 20.6 Å². The molecule has 2 radical (unpaired) electrons. The van der Waals surface area contributed by atoms with Crippen LogP contribution in [0.3, 0.4) is 0 Å². The third kappa shape index (κ3) is 1.73. The Balaban J connectivity index is 2.33. The molecule has 0 aromatic rings. The molecule has 0 aromatic heterocycles. The summed E-state index contributed by atoms with van der Waals surface area (Å²) in [5.41, 5.74) is 0. The molecule has 0 unspecified atom stereocenters. The van der Waals surface area contributed by atoms with Gasteiger partial charge in [0.15, 0.2) is 0 Å². The molecule has 2 atom stereocenters. The van der Waals surface area contributed by atoms with Gasteiger partial charge in [-0.2, -0.15) is 0 Å². The summed E-state index contributed by atoms with van der Waals surface area (Å²) in [5.74, 6) is 0.256. The van der Waals surface area contributed by atoms with E-state index in [1.165, 1.54) is 6.42 Å². The molecule has 1 aliphatic heterocycles. The second-order valence-corrected chi connectivity index (χ2v) is 3.06. The zero-order valence-electron chi connectivity index (χ0n) is 6.80. The number of piperidine rings is 1. The molecular formula is C7H15BN2. The van der Waals surface area contributed by atoms with Crippen molar-refractivity contribution in [2.45, 2.75) is 24.8 Å². The van der Waals surface area contributed by atoms with Gasteiger partial charge in [0.1, 0.15) is 0 Å². The molecular weight excluding hydrogens is 123 g/mol. The molecule has 1 saturated heterocycles. The Morgan fingerprint density at radius 2 is 2.30 bits per heavy atom. The van der Waals surface area contributed by atoms with Crippen molar-refractivity contribution in [3.05, 3.63) is 0 Å². The normalized spacial score (nSPS) is 36.2. The minimum Gasteiger partial charge on any atom is -0.317 e. The van der Waals surface area contributed by atoms with E-state index in [-0.39, 0.29) is 5.94 Å². The predicted molar refractivity (Wildman–Crippen MR) is 44.3 cm³/mol. The Morgan fingerprint density at radius 3 is 2.80 bits per heavy atom. The average molecular weight is 138 g/mol. The van der Waals surface area contributed by atoms with Crippen LogP contribution in [0.2, 0.25) is 0 Å². The molecule has 0 spiro atoms. The number of hydrogen-bond acceptors (Lipinski definition) is 2. The molecule has 0 amide bonds. The van der Waals surface area contributed by atoms with Crippen LogP contribution < -0.4 is 5.32 Å². The van der Waals surface area contributed by atoms with E-state index in [0.29, 0.717) is 6.04 Å². The highest BCUT2D eigenvalue weighted by Crippen LogP contribution is 2.12. The Morgan fingerprint density at radius 1 is 1.60 bits per heavy atom. The van der Waals surface area contributed by atoms with Crippen LogP contribution in [0.15, 0.2) is 0 Å². The van der Waals surface area contributed by atoms with E-state index in [1.54, 1.807) is 0 Å². The lowest BCUT2D eigenvalue weighted by Crippen LogP contribution is -2.46. The maximum absolute atomic E-state index is 5.83. The van der Waals surface area contributed by atoms with Gasteiger partial charge < -0.3 is 10.2 Å². The Bertz CT molecular complexity index is 108. The fraction of sp³-hybridized carbons (Fsp3) is 1.00. The van der Waals surface area contributed by atoms with Crippen LogP contribution in [0, 0.1) is 0 Å². The van der Waals surface area contributed by atoms with Crippen molar-refractivity contribution in [1.82, 2.24) is 10.2 Å². The van der Waals surface area contributed by atoms with E-state index in [2.05, 4.69) is 17.3 Å². The van der Waals surface area contributed by atoms with Gasteiger partial charge in [0.2, 0.25) is 0 Å². The molecule has 1 aliphatic rings. The zero-order valence-corrected chi connectivity index (χ0v) is 6.80. The van der Waals surface area contributed by atoms with Crippen molar-refractivity contribution >= 4 is 7.85 Å². The molecule has 10 heavy (non-hydrogen) atoms. The molecule has 0 saturated carbocycles. The first-order valence-corrected chi connectivity index (χ1v) is 3.87. The van der Waals surface area contributed by atoms with Crippen molar-refractivity contribution in [3.8, 4) is 0 Å². The molecule has 3 heteroatoms. The van der Waals surface area contributed by atoms with Gasteiger partial charge in [0.05, 0.1) is 7.85 Å². The summed E-state index contributed by atoms with van der Waals surface area (Å²) in [5, 5.41) is 3.25. The second-order valence-electron chi connectivity index (χ2n) is 3.06. The van der Waals surface area contributed by atoms with Crippen LogP contribution in [-0.4, -0.2) is 45.4 Å². The molecule has 1 heterocycles. The molecule has 2 nitrogen and oxygen atoms in total. The number of nitrogens with zero attached hydrogens (tertiary/aromatic N) is 1. The predicted octanol–water partition coefficient (Wildman–Crippen LogP) is -0.205. The third-order valence-corrected chi connectivity index (χ3v) is 2.33. The van der Waals surface area contributed by atoms with Gasteiger partial charge in [-0.3, -0.25) is 0 Å². The zero-order chi connectivity index (χ0) is 7.56. The molecule has 0 aliphatic carbocycles. The SMILES string of the molecule is [B][C@@H]1C[C@@H](NC)CCN1C. The smallest absolute Gasteiger partial charge is 0.0910 e. The van der Waals surface area contributed by atoms with E-state index < -0.39 is 0 Å². The van der Waals surface area contributed by atoms with Crippen LogP contribution in [0.25, 0.3) is 0 Å². The van der Waals surface area contributed by atoms with E-state index in [1.807, 2.05) is 7.05 Å². The Labute approximate surface area is 64.4 Å². The summed E-state index contributed by atoms with van der Waals surface area (Å²) in [6.07, 6.45) is 2.30. The lowest BCUT2D eigenvalue weighted by Gasteiger charge is -2.35. The van der Waals surface area contributed by atoms with Gasteiger partial charge in [0, 0.05) is 6.04 Å². The molecule has 56 valence electrons. The fourth-order valence-corrected chi connectivity index (χ4v) is 1.38. The summed E-state index contributed by atoms with van der Waals surface area (Å²) in [6.45, 7) is 1.12. The summed E-state index contributed by atoms with van der Waals surface area (Å²) in [7, 11) is 9.91. The van der Waals surface area contributed by atoms with Gasteiger partial charge in [0.25, 0.3) is 0 Å². The van der Waals surface area contributed by atoms with Crippen LogP contribution in [0.4, 0.5) is 0 Å². The lowest BCUT2D eigenvalue weighted by atomic mass is 9.84. The first-order valence-electron chi connectivity index (χ1n) is 3.87. The molecule has 1 fully saturated rings. The van der Waals surface area contributed by atoms with Crippen LogP contribution in [0.1, 0.15) is 12.8 Å². The van der Waals surface area contributed by atoms with Gasteiger partial charge in [-0.25, -0.2) is 0 Å². The van der Waals surface area contributed by atoms with Crippen LogP contribution >= 0.6 is 0 Å². The molecule has 0 bridgehead atoms. The third-order valence-electron chi connectivity index (χ3n) is 2.33. The van der Waals surface area contributed by atoms with E-state index in [4.69, 9.17) is 7.85 Å². The quantitative estimate of drug-likeness (QED) is 0.504. The second kappa shape index (κ2) is 3.40. The fourth-order valence-electron chi connectivity index (χ4n) is 1.38. The maximum Gasteiger partial charge on any atom is 0.0910 e. The lowest BCUT2D eigenvalue weighted by molar-refractivity contribution is 0.213. The van der Waals surface area contributed by atoms with Crippen molar-refractivity contribution < 1.29 is 0 Å². The van der Waals surface area contributed by atoms with Gasteiger partial charge in [-0.1, -0.05) is 0 Å². The topological polar surface area (TPSA) is 15.3 Å². The molecule has 1 N–H and O–H groups in total. The van der Waals surface area contributed by atoms with E-state index in [0.717, 1.165) is 13.0 Å². The summed E-state index contributed by atoms with van der Waals surface area (Å²) in [4.78, 5) is 2.20. The summed E-state index contributed by atoms with van der Waals surface area (Å²) in [6, 6.07) is 0.631. The number of hydrogen-bond donors (Lipinski definition) is 1. The first kappa shape index (κ1) is 8.09. The highest BCUT2D eigenvalue weighted by atomic mass is 15.1. The van der Waals surface area contributed by atoms with Gasteiger partial charge in [-0.15, -0.1) is 0 Å². The van der Waals surface area contributed by atoms with Crippen LogP contribution in [0.5, 0.6) is 0 Å². The van der Waals surface area contributed by atoms with Gasteiger partial charge >= 0.3 is 0 Å². The van der Waals surface area contributed by atoms with Crippen molar-refractivity contribution in [2.24, 2.45) is 0 Å². The standard InChI is InChI=1S/C7H15BN2/c1-9-6-3-4-10(2)7(8)5-6/h6-7,9H,3-5H2,1-2H3/t6-,7-/m0/s1. The Kier molecular flexibility index (Phi) is 2.75. The molecule has 1 rings (SSSR count). The minimum atomic E-state index is 0.256. The van der Waals surface area contributed by atoms with Crippen molar-refractivity contribution in [1.29, 1.82) is 0 Å². The maximum atomic E-state index is 5.83. The highest BCUT2D eigenvalue weighted by Gasteiger charge is 2.20. The van der Waals surface area contributed by atoms with E-state index >= 15 is 0 Å². The van der Waals surface area contributed by atoms with Gasteiger partial charge in [-0.05, 0) is 39.4 Å². The minimum absolute atomic E-state index is 0.256. The summed E-state index contributed by atoms with van der Waals surface area (Å²) < 4.78 is 0. The van der Waals surface area contributed by atoms with Crippen LogP contribution in [-0.2, 0) is 0 Å². The largest absolute Gasteiger partial charge is 0.317 e. The number of rotatable bonds is 1. The van der Waals surface area contributed by atoms with E-state index in [9.17, 15) is 0 Å². The monoisotopic (exact) mass is 138 g/mol. The molecule has 0 aromatic carbocycles. The average Bonchev–Trinajstić information content (AvgIpc) is 1.95. The Hall–Kier alpha value is -0.0151. The first-order chi connectivity index (χ1) is 4.74.